The Labute approximate surface area is 98.9 Å². The maximum absolute atomic E-state index is 11.0. The molecule has 2 rings (SSSR count). The Morgan fingerprint density at radius 2 is 2.12 bits per heavy atom. The van der Waals surface area contributed by atoms with Crippen LogP contribution >= 0.6 is 0 Å². The Hall–Kier alpha value is -1.82. The lowest BCUT2D eigenvalue weighted by molar-refractivity contribution is 0.0240. The van der Waals surface area contributed by atoms with E-state index in [1.165, 1.54) is 6.07 Å². The van der Waals surface area contributed by atoms with Crippen LogP contribution in [0.1, 0.15) is 23.3 Å². The van der Waals surface area contributed by atoms with Crippen molar-refractivity contribution in [1.82, 2.24) is 4.98 Å². The van der Waals surface area contributed by atoms with Gasteiger partial charge in [-0.3, -0.25) is 4.79 Å². The van der Waals surface area contributed by atoms with Crippen LogP contribution in [0.15, 0.2) is 12.1 Å². The summed E-state index contributed by atoms with van der Waals surface area (Å²) >= 11 is 0. The monoisotopic (exact) mass is 237 g/mol. The van der Waals surface area contributed by atoms with E-state index >= 15 is 0 Å². The molecule has 0 aliphatic carbocycles. The molecule has 1 amide bonds. The lowest BCUT2D eigenvalue weighted by Gasteiger charge is -2.23. The van der Waals surface area contributed by atoms with Crippen LogP contribution in [0.4, 0.5) is 5.69 Å². The molecule has 0 spiro atoms. The van der Waals surface area contributed by atoms with E-state index in [0.717, 1.165) is 12.8 Å². The third-order valence-electron chi connectivity index (χ3n) is 2.59. The molecule has 0 aromatic carbocycles. The highest BCUT2D eigenvalue weighted by Crippen LogP contribution is 2.22. The predicted octanol–water partition coefficient (Wildman–Crippen LogP) is 0.320. The van der Waals surface area contributed by atoms with E-state index in [4.69, 9.17) is 20.9 Å². The third-order valence-corrected chi connectivity index (χ3v) is 2.59. The zero-order chi connectivity index (χ0) is 12.3. The van der Waals surface area contributed by atoms with Crippen LogP contribution in [0.3, 0.4) is 0 Å². The van der Waals surface area contributed by atoms with Crippen molar-refractivity contribution in [3.05, 3.63) is 17.8 Å². The van der Waals surface area contributed by atoms with Gasteiger partial charge >= 0.3 is 0 Å². The number of carbonyl (C=O) groups excluding carboxylic acids is 1. The fraction of sp³-hybridized carbons (Fsp3) is 0.455. The lowest BCUT2D eigenvalue weighted by Crippen LogP contribution is -2.27. The molecule has 0 atom stereocenters. The van der Waals surface area contributed by atoms with Crippen LogP contribution in [0.2, 0.25) is 0 Å². The molecule has 0 saturated carbocycles. The quantitative estimate of drug-likeness (QED) is 0.788. The summed E-state index contributed by atoms with van der Waals surface area (Å²) in [5.41, 5.74) is 11.4. The van der Waals surface area contributed by atoms with Gasteiger partial charge in [0.05, 0.1) is 18.9 Å². The minimum absolute atomic E-state index is 0.0293. The second-order valence-corrected chi connectivity index (χ2v) is 3.88. The molecule has 92 valence electrons. The van der Waals surface area contributed by atoms with E-state index < -0.39 is 5.91 Å². The predicted molar refractivity (Wildman–Crippen MR) is 61.6 cm³/mol. The summed E-state index contributed by atoms with van der Waals surface area (Å²) in [7, 11) is 0. The molecule has 0 bridgehead atoms. The van der Waals surface area contributed by atoms with E-state index in [9.17, 15) is 4.79 Å². The van der Waals surface area contributed by atoms with Crippen LogP contribution in [0.5, 0.6) is 5.88 Å². The van der Waals surface area contributed by atoms with Crippen molar-refractivity contribution in [3.63, 3.8) is 0 Å². The second kappa shape index (κ2) is 5.01. The molecule has 1 fully saturated rings. The summed E-state index contributed by atoms with van der Waals surface area (Å²) in [6.45, 7) is 1.33. The van der Waals surface area contributed by atoms with Gasteiger partial charge in [-0.1, -0.05) is 0 Å². The Balaban J connectivity index is 2.13. The fourth-order valence-electron chi connectivity index (χ4n) is 1.63. The topological polar surface area (TPSA) is 100 Å². The summed E-state index contributed by atoms with van der Waals surface area (Å²) in [6.07, 6.45) is 1.62. The fourth-order valence-corrected chi connectivity index (χ4v) is 1.63. The van der Waals surface area contributed by atoms with Crippen molar-refractivity contribution in [2.45, 2.75) is 18.9 Å². The number of amides is 1. The first-order chi connectivity index (χ1) is 8.16. The molecule has 4 N–H and O–H groups in total. The summed E-state index contributed by atoms with van der Waals surface area (Å²) < 4.78 is 10.9. The number of pyridine rings is 1. The maximum atomic E-state index is 11.0. The number of rotatable bonds is 3. The number of anilines is 1. The van der Waals surface area contributed by atoms with Crippen LogP contribution in [-0.4, -0.2) is 30.2 Å². The minimum Gasteiger partial charge on any atom is -0.473 e. The van der Waals surface area contributed by atoms with Crippen LogP contribution in [-0.2, 0) is 4.74 Å². The number of nitrogens with two attached hydrogens (primary N) is 2. The largest absolute Gasteiger partial charge is 0.473 e. The van der Waals surface area contributed by atoms with Gasteiger partial charge in [0.1, 0.15) is 11.8 Å². The van der Waals surface area contributed by atoms with Crippen LogP contribution in [0.25, 0.3) is 0 Å². The Bertz CT molecular complexity index is 416. The van der Waals surface area contributed by atoms with E-state index in [1.807, 2.05) is 0 Å². The Kier molecular flexibility index (Phi) is 3.43. The smallest absolute Gasteiger partial charge is 0.267 e. The van der Waals surface area contributed by atoms with Crippen molar-refractivity contribution in [2.75, 3.05) is 18.9 Å². The Morgan fingerprint density at radius 1 is 1.41 bits per heavy atom. The first-order valence-corrected chi connectivity index (χ1v) is 5.47. The highest BCUT2D eigenvalue weighted by atomic mass is 16.5. The maximum Gasteiger partial charge on any atom is 0.267 e. The van der Waals surface area contributed by atoms with Crippen molar-refractivity contribution in [1.29, 1.82) is 0 Å². The summed E-state index contributed by atoms with van der Waals surface area (Å²) in [5.74, 6) is -0.324. The number of primary amides is 1. The van der Waals surface area contributed by atoms with Gasteiger partial charge in [0.2, 0.25) is 5.88 Å². The molecule has 1 aromatic rings. The molecule has 6 nitrogen and oxygen atoms in total. The van der Waals surface area contributed by atoms with Gasteiger partial charge < -0.3 is 20.9 Å². The van der Waals surface area contributed by atoms with Gasteiger partial charge in [-0.2, -0.15) is 0 Å². The summed E-state index contributed by atoms with van der Waals surface area (Å²) in [4.78, 5) is 15.0. The van der Waals surface area contributed by atoms with Gasteiger partial charge in [-0.25, -0.2) is 4.98 Å². The molecule has 17 heavy (non-hydrogen) atoms. The highest BCUT2D eigenvalue weighted by molar-refractivity contribution is 5.91. The summed E-state index contributed by atoms with van der Waals surface area (Å²) in [6, 6.07) is 3.05. The number of hydrogen-bond acceptors (Lipinski definition) is 5. The molecule has 1 aromatic heterocycles. The normalized spacial score (nSPS) is 16.7. The molecular weight excluding hydrogens is 222 g/mol. The van der Waals surface area contributed by atoms with Crippen LogP contribution in [0, 0.1) is 0 Å². The molecule has 2 heterocycles. The molecule has 6 heteroatoms. The van der Waals surface area contributed by atoms with Crippen molar-refractivity contribution in [3.8, 4) is 5.88 Å². The number of ether oxygens (including phenoxy) is 2. The standard InChI is InChI=1S/C11H15N3O3/c12-8-1-2-9(10(13)15)14-11(8)17-7-3-5-16-6-4-7/h1-2,7H,3-6,12H2,(H2,13,15). The number of nitrogen functional groups attached to an aromatic ring is 1. The van der Waals surface area contributed by atoms with Crippen molar-refractivity contribution >= 4 is 11.6 Å². The average molecular weight is 237 g/mol. The van der Waals surface area contributed by atoms with Gasteiger partial charge in [0.25, 0.3) is 5.91 Å². The molecule has 1 aliphatic heterocycles. The van der Waals surface area contributed by atoms with Gasteiger partial charge in [-0.05, 0) is 12.1 Å². The summed E-state index contributed by atoms with van der Waals surface area (Å²) in [5, 5.41) is 0. The molecule has 1 saturated heterocycles. The lowest BCUT2D eigenvalue weighted by atomic mass is 10.1. The SMILES string of the molecule is NC(=O)c1ccc(N)c(OC2CCOCC2)n1. The van der Waals surface area contributed by atoms with E-state index in [0.29, 0.717) is 18.9 Å². The first-order valence-electron chi connectivity index (χ1n) is 5.47. The van der Waals surface area contributed by atoms with Crippen LogP contribution < -0.4 is 16.2 Å². The average Bonchev–Trinajstić information content (AvgIpc) is 2.33. The second-order valence-electron chi connectivity index (χ2n) is 3.88. The van der Waals surface area contributed by atoms with E-state index in [-0.39, 0.29) is 17.7 Å². The zero-order valence-electron chi connectivity index (χ0n) is 9.39. The third kappa shape index (κ3) is 2.85. The molecule has 0 unspecified atom stereocenters. The van der Waals surface area contributed by atoms with Gasteiger partial charge in [-0.15, -0.1) is 0 Å². The van der Waals surface area contributed by atoms with E-state index in [2.05, 4.69) is 4.98 Å². The van der Waals surface area contributed by atoms with Gasteiger partial charge in [0.15, 0.2) is 0 Å². The molecular formula is C11H15N3O3. The minimum atomic E-state index is -0.596. The Morgan fingerprint density at radius 3 is 2.76 bits per heavy atom. The number of aromatic nitrogens is 1. The highest BCUT2D eigenvalue weighted by Gasteiger charge is 2.18. The van der Waals surface area contributed by atoms with Crippen molar-refractivity contribution < 1.29 is 14.3 Å². The van der Waals surface area contributed by atoms with E-state index in [1.54, 1.807) is 6.07 Å². The zero-order valence-corrected chi connectivity index (χ0v) is 9.39. The first kappa shape index (κ1) is 11.7. The number of nitrogens with zero attached hydrogens (tertiary/aromatic N) is 1. The number of hydrogen-bond donors (Lipinski definition) is 2. The number of carbonyl (C=O) groups is 1. The molecule has 0 radical (unpaired) electrons. The van der Waals surface area contributed by atoms with Crippen molar-refractivity contribution in [2.24, 2.45) is 5.73 Å². The van der Waals surface area contributed by atoms with Gasteiger partial charge in [0, 0.05) is 12.8 Å². The molecule has 1 aliphatic rings.